The van der Waals surface area contributed by atoms with Crippen LogP contribution in [0.2, 0.25) is 0 Å². The lowest BCUT2D eigenvalue weighted by Crippen LogP contribution is -1.97. The van der Waals surface area contributed by atoms with Gasteiger partial charge in [0.15, 0.2) is 0 Å². The number of alkyl halides is 1. The van der Waals surface area contributed by atoms with E-state index in [9.17, 15) is 0 Å². The van der Waals surface area contributed by atoms with Crippen LogP contribution in [0.4, 0.5) is 0 Å². The molecule has 8 heavy (non-hydrogen) atoms. The summed E-state index contributed by atoms with van der Waals surface area (Å²) in [6, 6.07) is 0. The van der Waals surface area contributed by atoms with Crippen molar-refractivity contribution < 1.29 is 0 Å². The molecule has 0 aliphatic carbocycles. The molecule has 0 heterocycles. The predicted octanol–water partition coefficient (Wildman–Crippen LogP) is 2.83. The molecule has 1 heteroatoms. The first-order chi connectivity index (χ1) is 3.66. The normalized spacial score (nSPS) is 17.4. The molecule has 0 rings (SSSR count). The molecule has 0 saturated carbocycles. The number of allylic oxidation sites excluding steroid dienone is 1. The number of hydrogen-bond acceptors (Lipinski definition) is 0. The predicted molar refractivity (Wildman–Crippen MR) is 39.3 cm³/mol. The van der Waals surface area contributed by atoms with Gasteiger partial charge >= 0.3 is 0 Å². The topological polar surface area (TPSA) is 0 Å². The molecule has 0 aliphatic rings. The van der Waals surface area contributed by atoms with Crippen LogP contribution in [0.5, 0.6) is 0 Å². The third-order valence-electron chi connectivity index (χ3n) is 1.10. The quantitative estimate of drug-likeness (QED) is 0.409. The first-order valence-electron chi connectivity index (χ1n) is 2.93. The summed E-state index contributed by atoms with van der Waals surface area (Å²) in [5, 5.41) is 0.281. The largest absolute Gasteiger partial charge is 0.123 e. The van der Waals surface area contributed by atoms with Crippen LogP contribution < -0.4 is 0 Å². The number of hydrogen-bond donors (Lipinski definition) is 0. The van der Waals surface area contributed by atoms with Crippen molar-refractivity contribution in [1.29, 1.82) is 0 Å². The van der Waals surface area contributed by atoms with Gasteiger partial charge in [-0.15, -0.1) is 18.2 Å². The molecule has 0 saturated heterocycles. The van der Waals surface area contributed by atoms with Crippen LogP contribution in [-0.4, -0.2) is 5.38 Å². The zero-order valence-corrected chi connectivity index (χ0v) is 6.28. The van der Waals surface area contributed by atoms with Crippen molar-refractivity contribution in [2.45, 2.75) is 25.6 Å². The Kier molecular flexibility index (Phi) is 3.98. The number of halogens is 1. The van der Waals surface area contributed by atoms with Gasteiger partial charge in [-0.2, -0.15) is 0 Å². The van der Waals surface area contributed by atoms with Gasteiger partial charge in [-0.3, -0.25) is 0 Å². The Morgan fingerprint density at radius 2 is 2.12 bits per heavy atom. The van der Waals surface area contributed by atoms with Gasteiger partial charge in [0.05, 0.1) is 0 Å². The monoisotopic (exact) mass is 132 g/mol. The first-order valence-corrected chi connectivity index (χ1v) is 3.37. The fourth-order valence-corrected chi connectivity index (χ4v) is 0.890. The maximum Gasteiger partial charge on any atom is 0.0313 e. The third kappa shape index (κ3) is 4.20. The van der Waals surface area contributed by atoms with Crippen LogP contribution in [0.1, 0.15) is 20.3 Å². The minimum atomic E-state index is 0.281. The Bertz CT molecular complexity index is 66.8. The van der Waals surface area contributed by atoms with Crippen LogP contribution in [0.25, 0.3) is 0 Å². The van der Waals surface area contributed by atoms with Crippen molar-refractivity contribution >= 4 is 11.6 Å². The van der Waals surface area contributed by atoms with E-state index in [1.54, 1.807) is 0 Å². The average molecular weight is 133 g/mol. The maximum absolute atomic E-state index is 5.70. The van der Waals surface area contributed by atoms with Gasteiger partial charge in [0.2, 0.25) is 0 Å². The average Bonchev–Trinajstić information content (AvgIpc) is 1.65. The Balaban J connectivity index is 3.23. The lowest BCUT2D eigenvalue weighted by atomic mass is 10.1. The van der Waals surface area contributed by atoms with E-state index in [2.05, 4.69) is 13.5 Å². The molecule has 2 unspecified atom stereocenters. The summed E-state index contributed by atoms with van der Waals surface area (Å²) in [6.45, 7) is 7.77. The van der Waals surface area contributed by atoms with Crippen LogP contribution in [0, 0.1) is 5.92 Å². The zero-order valence-electron chi connectivity index (χ0n) is 5.52. The minimum Gasteiger partial charge on any atom is -0.123 e. The second kappa shape index (κ2) is 3.96. The maximum atomic E-state index is 5.70. The number of rotatable bonds is 3. The van der Waals surface area contributed by atoms with Crippen molar-refractivity contribution in [2.75, 3.05) is 0 Å². The lowest BCUT2D eigenvalue weighted by molar-refractivity contribution is 0.641. The van der Waals surface area contributed by atoms with E-state index in [1.165, 1.54) is 0 Å². The molecule has 2 atom stereocenters. The van der Waals surface area contributed by atoms with Crippen molar-refractivity contribution in [1.82, 2.24) is 0 Å². The van der Waals surface area contributed by atoms with E-state index in [-0.39, 0.29) is 5.38 Å². The summed E-state index contributed by atoms with van der Waals surface area (Å²) in [5.41, 5.74) is 0. The summed E-state index contributed by atoms with van der Waals surface area (Å²) in [4.78, 5) is 0. The van der Waals surface area contributed by atoms with Gasteiger partial charge in [-0.05, 0) is 19.3 Å². The minimum absolute atomic E-state index is 0.281. The van der Waals surface area contributed by atoms with Gasteiger partial charge in [-0.1, -0.05) is 13.0 Å². The van der Waals surface area contributed by atoms with E-state index in [1.807, 2.05) is 13.0 Å². The van der Waals surface area contributed by atoms with Crippen LogP contribution in [0.15, 0.2) is 12.7 Å². The summed E-state index contributed by atoms with van der Waals surface area (Å²) in [5.74, 6) is 0.558. The summed E-state index contributed by atoms with van der Waals surface area (Å²) in [6.07, 6.45) is 2.96. The molecule has 0 bridgehead atoms. The van der Waals surface area contributed by atoms with E-state index in [4.69, 9.17) is 11.6 Å². The summed E-state index contributed by atoms with van der Waals surface area (Å²) >= 11 is 5.70. The molecule has 0 aromatic heterocycles. The Morgan fingerprint density at radius 1 is 1.62 bits per heavy atom. The molecular weight excluding hydrogens is 120 g/mol. The fourth-order valence-electron chi connectivity index (χ4n) is 0.609. The van der Waals surface area contributed by atoms with E-state index < -0.39 is 0 Å². The van der Waals surface area contributed by atoms with E-state index in [0.29, 0.717) is 5.92 Å². The highest BCUT2D eigenvalue weighted by atomic mass is 35.5. The second-order valence-electron chi connectivity index (χ2n) is 2.23. The molecule has 0 aliphatic heterocycles. The highest BCUT2D eigenvalue weighted by Gasteiger charge is 1.99. The van der Waals surface area contributed by atoms with Crippen molar-refractivity contribution in [2.24, 2.45) is 5.92 Å². The second-order valence-corrected chi connectivity index (χ2v) is 2.97. The van der Waals surface area contributed by atoms with Gasteiger partial charge in [0.25, 0.3) is 0 Å². The smallest absolute Gasteiger partial charge is 0.0313 e. The third-order valence-corrected chi connectivity index (χ3v) is 1.28. The Labute approximate surface area is 56.5 Å². The molecule has 0 amide bonds. The Morgan fingerprint density at radius 3 is 2.25 bits per heavy atom. The fraction of sp³-hybridized carbons (Fsp3) is 0.714. The van der Waals surface area contributed by atoms with E-state index in [0.717, 1.165) is 6.42 Å². The van der Waals surface area contributed by atoms with Crippen LogP contribution in [-0.2, 0) is 0 Å². The zero-order chi connectivity index (χ0) is 6.57. The molecule has 48 valence electrons. The molecule has 0 radical (unpaired) electrons. The SMILES string of the molecule is C=CC(C)CC(C)Cl. The van der Waals surface area contributed by atoms with Crippen LogP contribution >= 0.6 is 11.6 Å². The molecule has 0 nitrogen and oxygen atoms in total. The molecule has 0 aromatic carbocycles. The molecule has 0 N–H and O–H groups in total. The highest BCUT2D eigenvalue weighted by Crippen LogP contribution is 2.10. The van der Waals surface area contributed by atoms with Gasteiger partial charge in [-0.25, -0.2) is 0 Å². The lowest BCUT2D eigenvalue weighted by Gasteiger charge is -2.05. The molecule has 0 aromatic rings. The Hall–Kier alpha value is 0.0300. The van der Waals surface area contributed by atoms with Gasteiger partial charge < -0.3 is 0 Å². The van der Waals surface area contributed by atoms with Crippen molar-refractivity contribution in [3.63, 3.8) is 0 Å². The van der Waals surface area contributed by atoms with Gasteiger partial charge in [0.1, 0.15) is 0 Å². The van der Waals surface area contributed by atoms with Crippen molar-refractivity contribution in [3.05, 3.63) is 12.7 Å². The molecule has 0 fully saturated rings. The van der Waals surface area contributed by atoms with Crippen LogP contribution in [0.3, 0.4) is 0 Å². The van der Waals surface area contributed by atoms with Crippen molar-refractivity contribution in [3.8, 4) is 0 Å². The first kappa shape index (κ1) is 8.03. The van der Waals surface area contributed by atoms with Gasteiger partial charge in [0, 0.05) is 5.38 Å². The standard InChI is InChI=1S/C7H13Cl/c1-4-6(2)5-7(3)8/h4,6-7H,1,5H2,2-3H3. The molecular formula is C7H13Cl. The summed E-state index contributed by atoms with van der Waals surface area (Å²) < 4.78 is 0. The summed E-state index contributed by atoms with van der Waals surface area (Å²) in [7, 11) is 0. The highest BCUT2D eigenvalue weighted by molar-refractivity contribution is 6.20. The van der Waals surface area contributed by atoms with E-state index >= 15 is 0 Å². The molecule has 0 spiro atoms.